The molecule has 2 heterocycles. The Balaban J connectivity index is 1.74. The fourth-order valence-corrected chi connectivity index (χ4v) is 3.24. The van der Waals surface area contributed by atoms with Crippen LogP contribution >= 0.6 is 0 Å². The zero-order valence-corrected chi connectivity index (χ0v) is 12.3. The van der Waals surface area contributed by atoms with Gasteiger partial charge < -0.3 is 14.7 Å². The highest BCUT2D eigenvalue weighted by molar-refractivity contribution is 5.90. The molecule has 2 fully saturated rings. The summed E-state index contributed by atoms with van der Waals surface area (Å²) in [5, 5.41) is 7.18. The lowest BCUT2D eigenvalue weighted by Gasteiger charge is -2.26. The SMILES string of the molecule is C=CCN(C(=O)c1noc(C2CCCN2)n1)C1CCCC1. The van der Waals surface area contributed by atoms with Crippen molar-refractivity contribution in [2.45, 2.75) is 50.6 Å². The minimum Gasteiger partial charge on any atom is -0.337 e. The number of carbonyl (C=O) groups excluding carboxylic acids is 1. The molecule has 2 aliphatic rings. The maximum absolute atomic E-state index is 12.6. The van der Waals surface area contributed by atoms with Crippen molar-refractivity contribution < 1.29 is 9.32 Å². The molecule has 1 saturated heterocycles. The zero-order chi connectivity index (χ0) is 14.7. The summed E-state index contributed by atoms with van der Waals surface area (Å²) in [6.45, 7) is 5.24. The molecule has 6 heteroatoms. The molecule has 0 aromatic carbocycles. The maximum Gasteiger partial charge on any atom is 0.295 e. The van der Waals surface area contributed by atoms with Gasteiger partial charge in [0.15, 0.2) is 0 Å². The van der Waals surface area contributed by atoms with Gasteiger partial charge in [-0.15, -0.1) is 6.58 Å². The van der Waals surface area contributed by atoms with E-state index in [4.69, 9.17) is 4.52 Å². The Labute approximate surface area is 124 Å². The largest absolute Gasteiger partial charge is 0.337 e. The molecule has 0 radical (unpaired) electrons. The lowest BCUT2D eigenvalue weighted by atomic mass is 10.2. The summed E-state index contributed by atoms with van der Waals surface area (Å²) in [7, 11) is 0. The number of hydrogen-bond acceptors (Lipinski definition) is 5. The predicted molar refractivity (Wildman–Crippen MR) is 77.8 cm³/mol. The number of hydrogen-bond donors (Lipinski definition) is 1. The molecule has 1 unspecified atom stereocenters. The molecular weight excluding hydrogens is 268 g/mol. The highest BCUT2D eigenvalue weighted by atomic mass is 16.5. The Hall–Kier alpha value is -1.69. The normalized spacial score (nSPS) is 22.6. The number of nitrogens with one attached hydrogen (secondary N) is 1. The van der Waals surface area contributed by atoms with E-state index >= 15 is 0 Å². The first-order valence-electron chi connectivity index (χ1n) is 7.78. The molecule has 1 saturated carbocycles. The van der Waals surface area contributed by atoms with Crippen LogP contribution in [0.4, 0.5) is 0 Å². The second kappa shape index (κ2) is 6.39. The van der Waals surface area contributed by atoms with Crippen LogP contribution in [0.5, 0.6) is 0 Å². The van der Waals surface area contributed by atoms with Gasteiger partial charge in [-0.3, -0.25) is 4.79 Å². The minimum atomic E-state index is -0.144. The van der Waals surface area contributed by atoms with Crippen LogP contribution in [0.2, 0.25) is 0 Å². The average Bonchev–Trinajstić information content (AvgIpc) is 3.25. The number of rotatable bonds is 5. The van der Waals surface area contributed by atoms with Crippen molar-refractivity contribution in [1.82, 2.24) is 20.4 Å². The van der Waals surface area contributed by atoms with E-state index in [9.17, 15) is 4.79 Å². The molecule has 6 nitrogen and oxygen atoms in total. The maximum atomic E-state index is 12.6. The molecule has 1 aromatic heterocycles. The van der Waals surface area contributed by atoms with Crippen LogP contribution in [0, 0.1) is 0 Å². The van der Waals surface area contributed by atoms with Crippen LogP contribution in [0.15, 0.2) is 17.2 Å². The van der Waals surface area contributed by atoms with Crippen molar-refractivity contribution in [1.29, 1.82) is 0 Å². The average molecular weight is 290 g/mol. The van der Waals surface area contributed by atoms with Gasteiger partial charge in [-0.25, -0.2) is 0 Å². The van der Waals surface area contributed by atoms with E-state index in [1.807, 2.05) is 4.90 Å². The van der Waals surface area contributed by atoms with Crippen LogP contribution in [-0.2, 0) is 0 Å². The quantitative estimate of drug-likeness (QED) is 0.840. The third-order valence-electron chi connectivity index (χ3n) is 4.34. The first kappa shape index (κ1) is 14.3. The van der Waals surface area contributed by atoms with Gasteiger partial charge >= 0.3 is 0 Å². The fourth-order valence-electron chi connectivity index (χ4n) is 3.24. The summed E-state index contributed by atoms with van der Waals surface area (Å²) < 4.78 is 5.26. The second-order valence-electron chi connectivity index (χ2n) is 5.79. The van der Waals surface area contributed by atoms with E-state index in [2.05, 4.69) is 22.0 Å². The Kier molecular flexibility index (Phi) is 4.34. The van der Waals surface area contributed by atoms with E-state index in [-0.39, 0.29) is 23.8 Å². The molecule has 1 N–H and O–H groups in total. The molecule has 3 rings (SSSR count). The molecule has 1 aliphatic heterocycles. The number of amides is 1. The molecule has 21 heavy (non-hydrogen) atoms. The Bertz CT molecular complexity index is 502. The summed E-state index contributed by atoms with van der Waals surface area (Å²) in [4.78, 5) is 18.8. The van der Waals surface area contributed by atoms with Gasteiger partial charge in [0.25, 0.3) is 11.7 Å². The van der Waals surface area contributed by atoms with Crippen molar-refractivity contribution in [3.05, 3.63) is 24.4 Å². The Morgan fingerprint density at radius 2 is 2.19 bits per heavy atom. The van der Waals surface area contributed by atoms with Gasteiger partial charge in [0.1, 0.15) is 0 Å². The van der Waals surface area contributed by atoms with Crippen LogP contribution in [0.3, 0.4) is 0 Å². The lowest BCUT2D eigenvalue weighted by Crippen LogP contribution is -2.39. The van der Waals surface area contributed by atoms with E-state index in [0.29, 0.717) is 12.4 Å². The van der Waals surface area contributed by atoms with Crippen LogP contribution in [-0.4, -0.2) is 40.1 Å². The number of nitrogens with zero attached hydrogens (tertiary/aromatic N) is 3. The zero-order valence-electron chi connectivity index (χ0n) is 12.3. The van der Waals surface area contributed by atoms with Crippen molar-refractivity contribution in [3.63, 3.8) is 0 Å². The molecule has 1 aromatic rings. The fraction of sp³-hybridized carbons (Fsp3) is 0.667. The minimum absolute atomic E-state index is 0.0957. The lowest BCUT2D eigenvalue weighted by molar-refractivity contribution is 0.0690. The van der Waals surface area contributed by atoms with Crippen molar-refractivity contribution in [3.8, 4) is 0 Å². The third kappa shape index (κ3) is 3.00. The molecule has 114 valence electrons. The van der Waals surface area contributed by atoms with Crippen molar-refractivity contribution in [2.75, 3.05) is 13.1 Å². The van der Waals surface area contributed by atoms with Crippen molar-refractivity contribution in [2.24, 2.45) is 0 Å². The number of carbonyl (C=O) groups is 1. The molecular formula is C15H22N4O2. The molecule has 1 aliphatic carbocycles. The monoisotopic (exact) mass is 290 g/mol. The Morgan fingerprint density at radius 1 is 1.38 bits per heavy atom. The van der Waals surface area contributed by atoms with Crippen LogP contribution in [0.1, 0.15) is 61.1 Å². The van der Waals surface area contributed by atoms with Gasteiger partial charge in [0.2, 0.25) is 5.89 Å². The summed E-state index contributed by atoms with van der Waals surface area (Å²) in [6, 6.07) is 0.375. The van der Waals surface area contributed by atoms with Crippen LogP contribution in [0.25, 0.3) is 0 Å². The molecule has 1 amide bonds. The molecule has 0 spiro atoms. The van der Waals surface area contributed by atoms with Crippen LogP contribution < -0.4 is 5.32 Å². The molecule has 1 atom stereocenters. The summed E-state index contributed by atoms with van der Waals surface area (Å²) >= 11 is 0. The smallest absolute Gasteiger partial charge is 0.295 e. The van der Waals surface area contributed by atoms with E-state index in [0.717, 1.165) is 32.2 Å². The van der Waals surface area contributed by atoms with E-state index in [1.54, 1.807) is 6.08 Å². The third-order valence-corrected chi connectivity index (χ3v) is 4.34. The second-order valence-corrected chi connectivity index (χ2v) is 5.79. The highest BCUT2D eigenvalue weighted by Crippen LogP contribution is 2.25. The predicted octanol–water partition coefficient (Wildman–Crippen LogP) is 2.06. The van der Waals surface area contributed by atoms with E-state index < -0.39 is 0 Å². The highest BCUT2D eigenvalue weighted by Gasteiger charge is 2.30. The van der Waals surface area contributed by atoms with Gasteiger partial charge in [-0.05, 0) is 32.2 Å². The Morgan fingerprint density at radius 3 is 2.86 bits per heavy atom. The van der Waals surface area contributed by atoms with Gasteiger partial charge in [-0.1, -0.05) is 24.1 Å². The first-order valence-corrected chi connectivity index (χ1v) is 7.78. The first-order chi connectivity index (χ1) is 10.3. The van der Waals surface area contributed by atoms with Gasteiger partial charge in [0.05, 0.1) is 6.04 Å². The topological polar surface area (TPSA) is 71.3 Å². The van der Waals surface area contributed by atoms with Gasteiger partial charge in [0, 0.05) is 12.6 Å². The van der Waals surface area contributed by atoms with Crippen molar-refractivity contribution >= 4 is 5.91 Å². The summed E-state index contributed by atoms with van der Waals surface area (Å²) in [5.74, 6) is 0.558. The molecule has 0 bridgehead atoms. The van der Waals surface area contributed by atoms with Gasteiger partial charge in [-0.2, -0.15) is 4.98 Å². The standard InChI is InChI=1S/C15H22N4O2/c1-2-10-19(11-6-3-4-7-11)15(20)13-17-14(21-18-13)12-8-5-9-16-12/h2,11-12,16H,1,3-10H2. The van der Waals surface area contributed by atoms with E-state index in [1.165, 1.54) is 12.8 Å². The summed E-state index contributed by atoms with van der Waals surface area (Å²) in [5.41, 5.74) is 0. The summed E-state index contributed by atoms with van der Waals surface area (Å²) in [6.07, 6.45) is 8.29. The number of aromatic nitrogens is 2.